The number of hydrogen-bond donors (Lipinski definition) is 1. The van der Waals surface area contributed by atoms with Gasteiger partial charge >= 0.3 is 0 Å². The first-order chi connectivity index (χ1) is 8.68. The first-order valence-electron chi connectivity index (χ1n) is 5.51. The Bertz CT molecular complexity index is 702. The van der Waals surface area contributed by atoms with E-state index in [1.165, 1.54) is 6.26 Å². The van der Waals surface area contributed by atoms with Gasteiger partial charge in [0.05, 0.1) is 16.3 Å². The fourth-order valence-corrected chi connectivity index (χ4v) is 2.49. The van der Waals surface area contributed by atoms with Crippen LogP contribution in [0.3, 0.4) is 0 Å². The van der Waals surface area contributed by atoms with Crippen molar-refractivity contribution in [2.75, 3.05) is 0 Å². The van der Waals surface area contributed by atoms with Crippen molar-refractivity contribution in [3.8, 4) is 0 Å². The second kappa shape index (κ2) is 4.26. The number of nitrogens with zero attached hydrogens (tertiary/aromatic N) is 2. The van der Waals surface area contributed by atoms with E-state index in [-0.39, 0.29) is 0 Å². The lowest BCUT2D eigenvalue weighted by Crippen LogP contribution is -2.01. The largest absolute Gasteiger partial charge is 0.465 e. The Hall–Kier alpha value is -1.59. The van der Waals surface area contributed by atoms with Crippen LogP contribution in [0.5, 0.6) is 0 Å². The van der Waals surface area contributed by atoms with Crippen LogP contribution in [-0.2, 0) is 7.05 Å². The Labute approximate surface area is 112 Å². The highest BCUT2D eigenvalue weighted by Crippen LogP contribution is 2.32. The molecule has 0 spiro atoms. The molecule has 0 aliphatic rings. The van der Waals surface area contributed by atoms with Crippen molar-refractivity contribution in [1.82, 2.24) is 9.78 Å². The molecule has 2 aromatic heterocycles. The predicted octanol–water partition coefficient (Wildman–Crippen LogP) is 3.01. The molecule has 1 aromatic carbocycles. The van der Waals surface area contributed by atoms with Crippen LogP contribution in [0.25, 0.3) is 10.9 Å². The smallest absolute Gasteiger partial charge is 0.157 e. The molecule has 0 amide bonds. The molecule has 0 aliphatic carbocycles. The number of rotatable bonds is 2. The number of benzene rings is 1. The predicted molar refractivity (Wildman–Crippen MR) is 71.2 cm³/mol. The molecule has 3 aromatic rings. The van der Waals surface area contributed by atoms with E-state index in [4.69, 9.17) is 4.42 Å². The highest BCUT2D eigenvalue weighted by Gasteiger charge is 2.22. The van der Waals surface area contributed by atoms with Crippen LogP contribution in [0.2, 0.25) is 0 Å². The molecule has 0 radical (unpaired) electrons. The molecule has 2 heterocycles. The molecular weight excluding hydrogens is 296 g/mol. The van der Waals surface area contributed by atoms with Crippen molar-refractivity contribution in [3.63, 3.8) is 0 Å². The third kappa shape index (κ3) is 1.67. The molecule has 4 nitrogen and oxygen atoms in total. The monoisotopic (exact) mass is 306 g/mol. The SMILES string of the molecule is Cn1nc(C(O)c2occc2Br)c2ccccc21. The maximum atomic E-state index is 10.4. The Morgan fingerprint density at radius 3 is 2.83 bits per heavy atom. The Morgan fingerprint density at radius 2 is 2.11 bits per heavy atom. The van der Waals surface area contributed by atoms with E-state index in [0.717, 1.165) is 15.4 Å². The highest BCUT2D eigenvalue weighted by molar-refractivity contribution is 9.10. The van der Waals surface area contributed by atoms with Gasteiger partial charge in [0.2, 0.25) is 0 Å². The van der Waals surface area contributed by atoms with Gasteiger partial charge in [-0.05, 0) is 28.1 Å². The number of aromatic nitrogens is 2. The number of halogens is 1. The summed E-state index contributed by atoms with van der Waals surface area (Å²) < 4.78 is 7.79. The van der Waals surface area contributed by atoms with Crippen molar-refractivity contribution < 1.29 is 9.52 Å². The summed E-state index contributed by atoms with van der Waals surface area (Å²) >= 11 is 3.35. The normalized spacial score (nSPS) is 13.1. The van der Waals surface area contributed by atoms with Gasteiger partial charge in [0, 0.05) is 12.4 Å². The maximum absolute atomic E-state index is 10.4. The van der Waals surface area contributed by atoms with E-state index in [1.54, 1.807) is 10.7 Å². The van der Waals surface area contributed by atoms with Crippen LogP contribution in [0, 0.1) is 0 Å². The molecule has 0 saturated heterocycles. The average Bonchev–Trinajstić information content (AvgIpc) is 2.94. The molecule has 1 unspecified atom stereocenters. The summed E-state index contributed by atoms with van der Waals surface area (Å²) in [4.78, 5) is 0. The Balaban J connectivity index is 2.18. The van der Waals surface area contributed by atoms with Crippen LogP contribution in [0.15, 0.2) is 45.5 Å². The summed E-state index contributed by atoms with van der Waals surface area (Å²) in [6.45, 7) is 0. The summed E-state index contributed by atoms with van der Waals surface area (Å²) in [5.74, 6) is 0.471. The molecule has 3 rings (SSSR count). The van der Waals surface area contributed by atoms with Crippen LogP contribution in [0.1, 0.15) is 17.6 Å². The minimum atomic E-state index is -0.875. The lowest BCUT2D eigenvalue weighted by atomic mass is 10.1. The van der Waals surface area contributed by atoms with Gasteiger partial charge in [-0.25, -0.2) is 0 Å². The molecule has 0 bridgehead atoms. The van der Waals surface area contributed by atoms with Gasteiger partial charge in [-0.15, -0.1) is 0 Å². The number of aryl methyl sites for hydroxylation is 1. The highest BCUT2D eigenvalue weighted by atomic mass is 79.9. The first-order valence-corrected chi connectivity index (χ1v) is 6.30. The van der Waals surface area contributed by atoms with Crippen LogP contribution in [0.4, 0.5) is 0 Å². The zero-order valence-corrected chi connectivity index (χ0v) is 11.3. The Morgan fingerprint density at radius 1 is 1.33 bits per heavy atom. The third-order valence-electron chi connectivity index (χ3n) is 2.94. The van der Waals surface area contributed by atoms with Gasteiger partial charge in [-0.1, -0.05) is 18.2 Å². The number of hydrogen-bond acceptors (Lipinski definition) is 3. The van der Waals surface area contributed by atoms with E-state index in [1.807, 2.05) is 31.3 Å². The van der Waals surface area contributed by atoms with Crippen LogP contribution in [-0.4, -0.2) is 14.9 Å². The molecule has 92 valence electrons. The molecular formula is C13H11BrN2O2. The Kier molecular flexibility index (Phi) is 2.72. The zero-order valence-electron chi connectivity index (χ0n) is 9.67. The van der Waals surface area contributed by atoms with Crippen LogP contribution < -0.4 is 0 Å². The lowest BCUT2D eigenvalue weighted by molar-refractivity contribution is 0.184. The fourth-order valence-electron chi connectivity index (χ4n) is 2.07. The standard InChI is InChI=1S/C13H11BrN2O2/c1-16-10-5-3-2-4-8(10)11(15-16)12(17)13-9(14)6-7-18-13/h2-7,12,17H,1H3. The summed E-state index contributed by atoms with van der Waals surface area (Å²) in [7, 11) is 1.86. The van der Waals surface area contributed by atoms with E-state index >= 15 is 0 Å². The van der Waals surface area contributed by atoms with E-state index in [0.29, 0.717) is 11.5 Å². The summed E-state index contributed by atoms with van der Waals surface area (Å²) in [6, 6.07) is 9.54. The average molecular weight is 307 g/mol. The van der Waals surface area contributed by atoms with Gasteiger partial charge < -0.3 is 9.52 Å². The summed E-state index contributed by atoms with van der Waals surface area (Å²) in [5, 5.41) is 15.7. The number of fused-ring (bicyclic) bond motifs is 1. The second-order valence-electron chi connectivity index (χ2n) is 4.06. The minimum absolute atomic E-state index is 0.471. The maximum Gasteiger partial charge on any atom is 0.157 e. The third-order valence-corrected chi connectivity index (χ3v) is 3.59. The van der Waals surface area contributed by atoms with Crippen molar-refractivity contribution in [1.29, 1.82) is 0 Å². The van der Waals surface area contributed by atoms with E-state index in [9.17, 15) is 5.11 Å². The molecule has 0 aliphatic heterocycles. The van der Waals surface area contributed by atoms with Crippen molar-refractivity contribution in [2.45, 2.75) is 6.10 Å². The molecule has 0 saturated carbocycles. The number of aliphatic hydroxyl groups excluding tert-OH is 1. The van der Waals surface area contributed by atoms with Gasteiger partial charge in [-0.2, -0.15) is 5.10 Å². The quantitative estimate of drug-likeness (QED) is 0.792. The van der Waals surface area contributed by atoms with Gasteiger partial charge in [0.15, 0.2) is 11.9 Å². The van der Waals surface area contributed by atoms with Gasteiger partial charge in [0.25, 0.3) is 0 Å². The molecule has 1 atom stereocenters. The van der Waals surface area contributed by atoms with E-state index < -0.39 is 6.10 Å². The first kappa shape index (κ1) is 11.5. The summed E-state index contributed by atoms with van der Waals surface area (Å²) in [5.41, 5.74) is 1.58. The molecule has 1 N–H and O–H groups in total. The molecule has 0 fully saturated rings. The van der Waals surface area contributed by atoms with E-state index in [2.05, 4.69) is 21.0 Å². The zero-order chi connectivity index (χ0) is 12.7. The minimum Gasteiger partial charge on any atom is -0.465 e. The molecule has 18 heavy (non-hydrogen) atoms. The second-order valence-corrected chi connectivity index (χ2v) is 4.92. The van der Waals surface area contributed by atoms with Crippen molar-refractivity contribution in [3.05, 3.63) is 52.5 Å². The van der Waals surface area contributed by atoms with Gasteiger partial charge in [0.1, 0.15) is 5.69 Å². The lowest BCUT2D eigenvalue weighted by Gasteiger charge is -2.05. The number of para-hydroxylation sites is 1. The van der Waals surface area contributed by atoms with Crippen molar-refractivity contribution >= 4 is 26.8 Å². The number of furan rings is 1. The van der Waals surface area contributed by atoms with Gasteiger partial charge in [-0.3, -0.25) is 4.68 Å². The van der Waals surface area contributed by atoms with Crippen molar-refractivity contribution in [2.24, 2.45) is 7.05 Å². The molecule has 5 heteroatoms. The topological polar surface area (TPSA) is 51.2 Å². The summed E-state index contributed by atoms with van der Waals surface area (Å²) in [6.07, 6.45) is 0.661. The van der Waals surface area contributed by atoms with Crippen LogP contribution >= 0.6 is 15.9 Å². The number of aliphatic hydroxyl groups is 1. The fraction of sp³-hybridized carbons (Fsp3) is 0.154.